The van der Waals surface area contributed by atoms with Gasteiger partial charge in [-0.2, -0.15) is 5.26 Å². The minimum Gasteiger partial charge on any atom is -0.508 e. The van der Waals surface area contributed by atoms with Crippen molar-refractivity contribution in [2.75, 3.05) is 12.3 Å². The zero-order chi connectivity index (χ0) is 19.4. The summed E-state index contributed by atoms with van der Waals surface area (Å²) in [7, 11) is 0. The molecule has 1 aromatic heterocycles. The summed E-state index contributed by atoms with van der Waals surface area (Å²) >= 11 is 0. The number of nitrogen functional groups attached to an aromatic ring is 1. The Morgan fingerprint density at radius 1 is 1.15 bits per heavy atom. The Hall–Kier alpha value is -4.05. The zero-order valence-electron chi connectivity index (χ0n) is 14.1. The second-order valence-electron chi connectivity index (χ2n) is 5.68. The van der Waals surface area contributed by atoms with Crippen LogP contribution in [0.25, 0.3) is 22.4 Å². The molecule has 0 bridgehead atoms. The summed E-state index contributed by atoms with van der Waals surface area (Å²) in [6, 6.07) is 17.0. The molecule has 0 amide bonds. The van der Waals surface area contributed by atoms with Crippen LogP contribution in [0.1, 0.15) is 5.56 Å². The largest absolute Gasteiger partial charge is 0.508 e. The maximum atomic E-state index is 10.6. The van der Waals surface area contributed by atoms with Gasteiger partial charge in [0.1, 0.15) is 28.9 Å². The van der Waals surface area contributed by atoms with Crippen molar-refractivity contribution in [1.82, 2.24) is 4.98 Å². The van der Waals surface area contributed by atoms with Crippen molar-refractivity contribution in [2.24, 2.45) is 0 Å². The molecule has 0 saturated heterocycles. The van der Waals surface area contributed by atoms with Crippen LogP contribution in [0.2, 0.25) is 0 Å². The second kappa shape index (κ2) is 7.45. The summed E-state index contributed by atoms with van der Waals surface area (Å²) in [5, 5.41) is 27.8. The average molecular weight is 361 g/mol. The van der Waals surface area contributed by atoms with Crippen LogP contribution >= 0.6 is 0 Å². The Balaban J connectivity index is 2.02. The van der Waals surface area contributed by atoms with Gasteiger partial charge in [0, 0.05) is 11.1 Å². The molecule has 0 aliphatic rings. The molecule has 134 valence electrons. The summed E-state index contributed by atoms with van der Waals surface area (Å²) in [6.45, 7) is -0.428. The monoisotopic (exact) mass is 361 g/mol. The third kappa shape index (κ3) is 3.96. The fourth-order valence-corrected chi connectivity index (χ4v) is 2.60. The molecular formula is C20H15N3O4. The number of carboxylic acid groups (broad SMARTS) is 1. The van der Waals surface area contributed by atoms with Crippen LogP contribution in [-0.4, -0.2) is 27.8 Å². The number of benzene rings is 2. The van der Waals surface area contributed by atoms with Crippen LogP contribution in [0.3, 0.4) is 0 Å². The summed E-state index contributed by atoms with van der Waals surface area (Å²) in [4.78, 5) is 14.8. The lowest BCUT2D eigenvalue weighted by Crippen LogP contribution is -2.09. The van der Waals surface area contributed by atoms with Crippen LogP contribution in [0.15, 0.2) is 54.6 Å². The highest BCUT2D eigenvalue weighted by Gasteiger charge is 2.14. The van der Waals surface area contributed by atoms with Crippen LogP contribution in [0.5, 0.6) is 11.5 Å². The summed E-state index contributed by atoms with van der Waals surface area (Å²) in [5.74, 6) is -0.486. The van der Waals surface area contributed by atoms with E-state index in [0.29, 0.717) is 22.6 Å². The maximum Gasteiger partial charge on any atom is 0.341 e. The number of pyridine rings is 1. The number of hydrogen-bond donors (Lipinski definition) is 3. The molecule has 1 heterocycles. The van der Waals surface area contributed by atoms with Crippen LogP contribution in [0.4, 0.5) is 5.82 Å². The molecule has 0 aliphatic heterocycles. The topological polar surface area (TPSA) is 129 Å². The van der Waals surface area contributed by atoms with E-state index in [9.17, 15) is 15.2 Å². The molecule has 0 atom stereocenters. The SMILES string of the molecule is N#Cc1c(-c2cccc(O)c2)cc(-c2ccc(OCC(=O)O)cc2)nc1N. The first-order valence-electron chi connectivity index (χ1n) is 7.93. The number of nitriles is 1. The summed E-state index contributed by atoms with van der Waals surface area (Å²) < 4.78 is 5.11. The zero-order valence-corrected chi connectivity index (χ0v) is 14.1. The van der Waals surface area contributed by atoms with Gasteiger partial charge in [0.2, 0.25) is 0 Å². The number of carboxylic acids is 1. The number of hydrogen-bond acceptors (Lipinski definition) is 6. The third-order valence-corrected chi connectivity index (χ3v) is 3.83. The van der Waals surface area contributed by atoms with Crippen molar-refractivity contribution in [2.45, 2.75) is 0 Å². The van der Waals surface area contributed by atoms with Gasteiger partial charge in [0.05, 0.1) is 5.69 Å². The molecule has 3 rings (SSSR count). The van der Waals surface area contributed by atoms with Crippen molar-refractivity contribution < 1.29 is 19.7 Å². The van der Waals surface area contributed by atoms with Gasteiger partial charge in [0.25, 0.3) is 0 Å². The first kappa shape index (κ1) is 17.8. The van der Waals surface area contributed by atoms with E-state index in [-0.39, 0.29) is 17.1 Å². The van der Waals surface area contributed by atoms with E-state index in [0.717, 1.165) is 5.56 Å². The molecule has 0 unspecified atom stereocenters. The highest BCUT2D eigenvalue weighted by Crippen LogP contribution is 2.33. The molecule has 4 N–H and O–H groups in total. The number of aliphatic carboxylic acids is 1. The van der Waals surface area contributed by atoms with E-state index < -0.39 is 12.6 Å². The standard InChI is InChI=1S/C20H15N3O4/c21-10-17-16(13-2-1-3-14(24)8-13)9-18(23-20(17)22)12-4-6-15(7-5-12)27-11-19(25)26/h1-9,24H,11H2,(H2,22,23)(H,25,26). The Bertz CT molecular complexity index is 1040. The van der Waals surface area contributed by atoms with Gasteiger partial charge >= 0.3 is 5.97 Å². The lowest BCUT2D eigenvalue weighted by molar-refractivity contribution is -0.139. The highest BCUT2D eigenvalue weighted by molar-refractivity contribution is 5.80. The molecular weight excluding hydrogens is 346 g/mol. The number of carbonyl (C=O) groups is 1. The van der Waals surface area contributed by atoms with Crippen molar-refractivity contribution in [1.29, 1.82) is 5.26 Å². The molecule has 0 spiro atoms. The fraction of sp³-hybridized carbons (Fsp3) is 0.0500. The molecule has 2 aromatic carbocycles. The Labute approximate surface area is 154 Å². The van der Waals surface area contributed by atoms with E-state index in [4.69, 9.17) is 15.6 Å². The molecule has 0 fully saturated rings. The number of nitrogens with zero attached hydrogens (tertiary/aromatic N) is 2. The van der Waals surface area contributed by atoms with Gasteiger partial charge in [-0.05, 0) is 48.0 Å². The van der Waals surface area contributed by atoms with E-state index in [1.165, 1.54) is 6.07 Å². The van der Waals surface area contributed by atoms with E-state index in [1.807, 2.05) is 0 Å². The Kier molecular flexibility index (Phi) is 4.90. The maximum absolute atomic E-state index is 10.6. The molecule has 0 aliphatic carbocycles. The van der Waals surface area contributed by atoms with Gasteiger partial charge < -0.3 is 20.7 Å². The first-order chi connectivity index (χ1) is 13.0. The number of phenols is 1. The predicted octanol–water partition coefficient (Wildman–Crippen LogP) is 3.04. The summed E-state index contributed by atoms with van der Waals surface area (Å²) in [5.41, 5.74) is 8.65. The quantitative estimate of drug-likeness (QED) is 0.637. The smallest absolute Gasteiger partial charge is 0.341 e. The normalized spacial score (nSPS) is 10.2. The lowest BCUT2D eigenvalue weighted by atomic mass is 9.98. The second-order valence-corrected chi connectivity index (χ2v) is 5.68. The summed E-state index contributed by atoms with van der Waals surface area (Å²) in [6.07, 6.45) is 0. The Morgan fingerprint density at radius 2 is 1.89 bits per heavy atom. The van der Waals surface area contributed by atoms with Gasteiger partial charge in [-0.1, -0.05) is 12.1 Å². The van der Waals surface area contributed by atoms with E-state index >= 15 is 0 Å². The molecule has 0 radical (unpaired) electrons. The first-order valence-corrected chi connectivity index (χ1v) is 7.93. The molecule has 3 aromatic rings. The number of aromatic nitrogens is 1. The molecule has 0 saturated carbocycles. The predicted molar refractivity (Wildman–Crippen MR) is 99.0 cm³/mol. The number of ether oxygens (including phenoxy) is 1. The van der Waals surface area contributed by atoms with Crippen LogP contribution < -0.4 is 10.5 Å². The van der Waals surface area contributed by atoms with Crippen molar-refractivity contribution in [3.8, 4) is 40.0 Å². The number of phenolic OH excluding ortho intramolecular Hbond substituents is 1. The number of anilines is 1. The third-order valence-electron chi connectivity index (χ3n) is 3.83. The van der Waals surface area contributed by atoms with Crippen molar-refractivity contribution in [3.63, 3.8) is 0 Å². The van der Waals surface area contributed by atoms with Crippen LogP contribution in [-0.2, 0) is 4.79 Å². The highest BCUT2D eigenvalue weighted by atomic mass is 16.5. The molecule has 7 heteroatoms. The minimum absolute atomic E-state index is 0.0771. The van der Waals surface area contributed by atoms with Crippen molar-refractivity contribution in [3.05, 3.63) is 60.2 Å². The van der Waals surface area contributed by atoms with E-state index in [2.05, 4.69) is 11.1 Å². The molecule has 7 nitrogen and oxygen atoms in total. The Morgan fingerprint density at radius 3 is 2.52 bits per heavy atom. The van der Waals surface area contributed by atoms with Crippen molar-refractivity contribution >= 4 is 11.8 Å². The van der Waals surface area contributed by atoms with E-state index in [1.54, 1.807) is 48.5 Å². The number of rotatable bonds is 5. The van der Waals surface area contributed by atoms with Gasteiger partial charge in [-0.25, -0.2) is 9.78 Å². The lowest BCUT2D eigenvalue weighted by Gasteiger charge is -2.11. The fourth-order valence-electron chi connectivity index (χ4n) is 2.60. The number of aromatic hydroxyl groups is 1. The number of nitrogens with two attached hydrogens (primary N) is 1. The van der Waals surface area contributed by atoms with Crippen LogP contribution in [0, 0.1) is 11.3 Å². The van der Waals surface area contributed by atoms with Gasteiger partial charge in [-0.15, -0.1) is 0 Å². The van der Waals surface area contributed by atoms with Gasteiger partial charge in [-0.3, -0.25) is 0 Å². The minimum atomic E-state index is -1.06. The van der Waals surface area contributed by atoms with Gasteiger partial charge in [0.15, 0.2) is 6.61 Å². The molecule has 27 heavy (non-hydrogen) atoms. The average Bonchev–Trinajstić information content (AvgIpc) is 2.66.